The second-order valence-corrected chi connectivity index (χ2v) is 10.4. The van der Waals surface area contributed by atoms with Gasteiger partial charge < -0.3 is 20.6 Å². The maximum atomic E-state index is 4.72. The number of aromatic nitrogens is 4. The predicted octanol–water partition coefficient (Wildman–Crippen LogP) is 6.72. The highest BCUT2D eigenvalue weighted by molar-refractivity contribution is 5.71. The normalized spacial score (nSPS) is 21.2. The van der Waals surface area contributed by atoms with Crippen molar-refractivity contribution < 1.29 is 0 Å². The van der Waals surface area contributed by atoms with Crippen LogP contribution in [0.25, 0.3) is 33.6 Å². The van der Waals surface area contributed by atoms with Gasteiger partial charge in [0, 0.05) is 6.04 Å². The zero-order chi connectivity index (χ0) is 25.3. The Hall–Kier alpha value is -4.00. The predicted molar refractivity (Wildman–Crippen MR) is 151 cm³/mol. The van der Waals surface area contributed by atoms with E-state index in [4.69, 9.17) is 4.98 Å². The van der Waals surface area contributed by atoms with Gasteiger partial charge in [0.25, 0.3) is 0 Å². The van der Waals surface area contributed by atoms with Crippen molar-refractivity contribution in [3.05, 3.63) is 108 Å². The Kier molecular flexibility index (Phi) is 6.12. The minimum atomic E-state index is 0.257. The molecule has 2 aromatic heterocycles. The molecule has 0 aliphatic carbocycles. The van der Waals surface area contributed by atoms with E-state index in [-0.39, 0.29) is 6.04 Å². The van der Waals surface area contributed by atoms with E-state index in [0.717, 1.165) is 60.0 Å². The van der Waals surface area contributed by atoms with E-state index in [0.29, 0.717) is 12.1 Å². The van der Waals surface area contributed by atoms with E-state index < -0.39 is 0 Å². The molecule has 2 fully saturated rings. The summed E-state index contributed by atoms with van der Waals surface area (Å²) in [6.45, 7) is 1.07. The second-order valence-electron chi connectivity index (χ2n) is 10.4. The van der Waals surface area contributed by atoms with Gasteiger partial charge in [-0.3, -0.25) is 0 Å². The van der Waals surface area contributed by atoms with E-state index in [1.807, 2.05) is 12.4 Å². The quantitative estimate of drug-likeness (QED) is 0.209. The molecular weight excluding hydrogens is 468 g/mol. The van der Waals surface area contributed by atoms with E-state index in [1.54, 1.807) is 0 Å². The SMILES string of the molecule is c1ccc([C@H]2CC[C@@H](c3ncc(-c4ccc(-c5ccc(-c6cnc([C@@H]7CCCN7)[nH]6)cc5)cc4)[nH]3)N2)cc1. The number of aromatic amines is 2. The van der Waals surface area contributed by atoms with E-state index >= 15 is 0 Å². The van der Waals surface area contributed by atoms with Crippen LogP contribution in [-0.4, -0.2) is 26.5 Å². The van der Waals surface area contributed by atoms with Gasteiger partial charge in [0.2, 0.25) is 0 Å². The topological polar surface area (TPSA) is 81.4 Å². The van der Waals surface area contributed by atoms with Gasteiger partial charge >= 0.3 is 0 Å². The molecule has 38 heavy (non-hydrogen) atoms. The molecule has 2 aliphatic rings. The molecule has 7 rings (SSSR count). The molecule has 6 heteroatoms. The van der Waals surface area contributed by atoms with Crippen molar-refractivity contribution >= 4 is 0 Å². The fourth-order valence-corrected chi connectivity index (χ4v) is 5.83. The van der Waals surface area contributed by atoms with Gasteiger partial charge in [-0.15, -0.1) is 0 Å². The van der Waals surface area contributed by atoms with E-state index in [2.05, 4.69) is 104 Å². The Labute approximate surface area is 223 Å². The summed E-state index contributed by atoms with van der Waals surface area (Å²) < 4.78 is 0. The Morgan fingerprint density at radius 3 is 1.68 bits per heavy atom. The summed E-state index contributed by atoms with van der Waals surface area (Å²) in [5.41, 5.74) is 8.17. The third-order valence-corrected chi connectivity index (χ3v) is 7.98. The van der Waals surface area contributed by atoms with Crippen molar-refractivity contribution in [3.8, 4) is 33.6 Å². The molecule has 0 radical (unpaired) electrons. The molecular formula is C32H32N6. The molecule has 0 spiro atoms. The summed E-state index contributed by atoms with van der Waals surface area (Å²) in [4.78, 5) is 16.4. The minimum Gasteiger partial charge on any atom is -0.341 e. The van der Waals surface area contributed by atoms with Crippen LogP contribution in [0.4, 0.5) is 0 Å². The molecule has 3 atom stereocenters. The average Bonchev–Trinajstić information content (AvgIpc) is 3.80. The smallest absolute Gasteiger partial charge is 0.123 e. The summed E-state index contributed by atoms with van der Waals surface area (Å²) in [5.74, 6) is 2.06. The van der Waals surface area contributed by atoms with Gasteiger partial charge in [0.05, 0.1) is 35.9 Å². The van der Waals surface area contributed by atoms with Crippen LogP contribution in [-0.2, 0) is 0 Å². The largest absolute Gasteiger partial charge is 0.341 e. The van der Waals surface area contributed by atoms with Gasteiger partial charge in [0.15, 0.2) is 0 Å². The highest BCUT2D eigenvalue weighted by Gasteiger charge is 2.27. The molecule has 5 aromatic rings. The molecule has 4 N–H and O–H groups in total. The maximum absolute atomic E-state index is 4.72. The van der Waals surface area contributed by atoms with Gasteiger partial charge in [-0.1, -0.05) is 78.9 Å². The van der Waals surface area contributed by atoms with E-state index in [1.165, 1.54) is 23.1 Å². The van der Waals surface area contributed by atoms with Gasteiger partial charge in [-0.2, -0.15) is 0 Å². The fraction of sp³-hybridized carbons (Fsp3) is 0.250. The molecule has 0 unspecified atom stereocenters. The number of nitrogens with one attached hydrogen (secondary N) is 4. The molecule has 0 bridgehead atoms. The van der Waals surface area contributed by atoms with Gasteiger partial charge in [0.1, 0.15) is 11.6 Å². The molecule has 2 aliphatic heterocycles. The Bertz CT molecular complexity index is 1490. The lowest BCUT2D eigenvalue weighted by Crippen LogP contribution is -2.18. The van der Waals surface area contributed by atoms with Crippen molar-refractivity contribution in [2.24, 2.45) is 0 Å². The zero-order valence-corrected chi connectivity index (χ0v) is 21.3. The van der Waals surface area contributed by atoms with Crippen molar-refractivity contribution in [2.75, 3.05) is 6.54 Å². The first-order valence-corrected chi connectivity index (χ1v) is 13.7. The molecule has 3 aromatic carbocycles. The van der Waals surface area contributed by atoms with Crippen LogP contribution >= 0.6 is 0 Å². The standard InChI is InChI=1S/C32H32N6/c1-2-5-23(6-3-1)26-16-17-28(36-26)32-35-20-30(38-32)25-14-10-22(11-15-25)21-8-12-24(13-9-21)29-19-34-31(37-29)27-7-4-18-33-27/h1-3,5-6,8-15,19-20,26-28,33,36H,4,7,16-18H2,(H,34,37)(H,35,38)/t26-,27+,28+/m1/s1. The highest BCUT2D eigenvalue weighted by atomic mass is 15.1. The summed E-state index contributed by atoms with van der Waals surface area (Å²) in [6.07, 6.45) is 8.46. The Morgan fingerprint density at radius 2 is 1.11 bits per heavy atom. The van der Waals surface area contributed by atoms with Crippen LogP contribution in [0.5, 0.6) is 0 Å². The monoisotopic (exact) mass is 500 g/mol. The lowest BCUT2D eigenvalue weighted by atomic mass is 10.0. The van der Waals surface area contributed by atoms with Crippen molar-refractivity contribution in [3.63, 3.8) is 0 Å². The zero-order valence-electron chi connectivity index (χ0n) is 21.3. The Balaban J connectivity index is 1.02. The fourth-order valence-electron chi connectivity index (χ4n) is 5.83. The number of imidazole rings is 2. The van der Waals surface area contributed by atoms with Crippen LogP contribution in [0.2, 0.25) is 0 Å². The number of rotatable bonds is 6. The number of H-pyrrole nitrogens is 2. The summed E-state index contributed by atoms with van der Waals surface area (Å²) in [5, 5.41) is 7.25. The van der Waals surface area contributed by atoms with Crippen molar-refractivity contribution in [2.45, 2.75) is 43.8 Å². The van der Waals surface area contributed by atoms with Crippen molar-refractivity contribution in [1.29, 1.82) is 0 Å². The number of hydrogen-bond acceptors (Lipinski definition) is 4. The lowest BCUT2D eigenvalue weighted by Gasteiger charge is -2.13. The van der Waals surface area contributed by atoms with Crippen molar-refractivity contribution in [1.82, 2.24) is 30.6 Å². The van der Waals surface area contributed by atoms with E-state index in [9.17, 15) is 0 Å². The molecule has 0 amide bonds. The van der Waals surface area contributed by atoms with Gasteiger partial charge in [-0.05, 0) is 60.0 Å². The first-order valence-electron chi connectivity index (χ1n) is 13.7. The summed E-state index contributed by atoms with van der Waals surface area (Å²) in [6, 6.07) is 29.1. The second kappa shape index (κ2) is 10.0. The third kappa shape index (κ3) is 4.57. The molecule has 4 heterocycles. The first kappa shape index (κ1) is 23.1. The number of benzene rings is 3. The van der Waals surface area contributed by atoms with Crippen LogP contribution in [0, 0.1) is 0 Å². The van der Waals surface area contributed by atoms with Gasteiger partial charge in [-0.25, -0.2) is 9.97 Å². The van der Waals surface area contributed by atoms with Crippen LogP contribution in [0.1, 0.15) is 61.0 Å². The third-order valence-electron chi connectivity index (χ3n) is 7.98. The molecule has 0 saturated carbocycles. The Morgan fingerprint density at radius 1 is 0.553 bits per heavy atom. The number of hydrogen-bond donors (Lipinski definition) is 4. The summed E-state index contributed by atoms with van der Waals surface area (Å²) >= 11 is 0. The summed E-state index contributed by atoms with van der Waals surface area (Å²) in [7, 11) is 0. The molecule has 6 nitrogen and oxygen atoms in total. The average molecular weight is 501 g/mol. The lowest BCUT2D eigenvalue weighted by molar-refractivity contribution is 0.555. The van der Waals surface area contributed by atoms with Crippen LogP contribution < -0.4 is 10.6 Å². The molecule has 2 saturated heterocycles. The maximum Gasteiger partial charge on any atom is 0.123 e. The van der Waals surface area contributed by atoms with Crippen LogP contribution in [0.3, 0.4) is 0 Å². The molecule has 190 valence electrons. The minimum absolute atomic E-state index is 0.257. The highest BCUT2D eigenvalue weighted by Crippen LogP contribution is 2.34. The number of nitrogens with zero attached hydrogens (tertiary/aromatic N) is 2. The first-order chi connectivity index (χ1) is 18.8. The van der Waals surface area contributed by atoms with Crippen LogP contribution in [0.15, 0.2) is 91.3 Å².